The highest BCUT2D eigenvalue weighted by Gasteiger charge is 2.41. The van der Waals surface area contributed by atoms with Crippen LogP contribution in [0.3, 0.4) is 0 Å². The summed E-state index contributed by atoms with van der Waals surface area (Å²) in [5.41, 5.74) is 8.06. The van der Waals surface area contributed by atoms with Gasteiger partial charge in [0.1, 0.15) is 0 Å². The van der Waals surface area contributed by atoms with Crippen LogP contribution in [0.1, 0.15) is 44.1 Å². The zero-order valence-corrected chi connectivity index (χ0v) is 13.8. The maximum Gasteiger partial charge on any atom is 0.0685 e. The molecule has 1 saturated heterocycles. The summed E-state index contributed by atoms with van der Waals surface area (Å²) in [5, 5.41) is 0. The van der Waals surface area contributed by atoms with Gasteiger partial charge in [0.15, 0.2) is 0 Å². The first-order chi connectivity index (χ1) is 10.2. The molecule has 2 unspecified atom stereocenters. The lowest BCUT2D eigenvalue weighted by Gasteiger charge is -2.40. The van der Waals surface area contributed by atoms with Crippen molar-refractivity contribution >= 4 is 11.8 Å². The summed E-state index contributed by atoms with van der Waals surface area (Å²) < 4.78 is 6.13. The van der Waals surface area contributed by atoms with E-state index in [1.54, 1.807) is 0 Å². The molecule has 1 aromatic rings. The number of rotatable bonds is 4. The van der Waals surface area contributed by atoms with E-state index >= 15 is 0 Å². The Kier molecular flexibility index (Phi) is 4.92. The Morgan fingerprint density at radius 1 is 1.33 bits per heavy atom. The van der Waals surface area contributed by atoms with Crippen LogP contribution in [0.4, 0.5) is 0 Å². The van der Waals surface area contributed by atoms with Crippen molar-refractivity contribution in [2.75, 3.05) is 12.4 Å². The molecular formula is C18H27NOS. The number of benzene rings is 1. The summed E-state index contributed by atoms with van der Waals surface area (Å²) in [6.07, 6.45) is 7.49. The third-order valence-electron chi connectivity index (χ3n) is 5.18. The molecule has 0 bridgehead atoms. The average molecular weight is 305 g/mol. The summed E-state index contributed by atoms with van der Waals surface area (Å²) in [6, 6.07) is 8.88. The minimum atomic E-state index is 0.188. The van der Waals surface area contributed by atoms with Crippen LogP contribution in [0.5, 0.6) is 0 Å². The summed E-state index contributed by atoms with van der Waals surface area (Å²) in [5.74, 6) is 1.65. The van der Waals surface area contributed by atoms with Crippen molar-refractivity contribution in [1.82, 2.24) is 0 Å². The molecule has 2 atom stereocenters. The molecule has 0 aromatic heterocycles. The Morgan fingerprint density at radius 3 is 2.86 bits per heavy atom. The molecule has 0 radical (unpaired) electrons. The average Bonchev–Trinajstić information content (AvgIpc) is 2.94. The van der Waals surface area contributed by atoms with Crippen LogP contribution in [-0.4, -0.2) is 24.0 Å². The van der Waals surface area contributed by atoms with E-state index in [9.17, 15) is 0 Å². The van der Waals surface area contributed by atoms with E-state index in [4.69, 9.17) is 10.5 Å². The van der Waals surface area contributed by atoms with Crippen molar-refractivity contribution in [3.63, 3.8) is 0 Å². The molecule has 3 heteroatoms. The van der Waals surface area contributed by atoms with Crippen LogP contribution < -0.4 is 5.73 Å². The van der Waals surface area contributed by atoms with E-state index in [1.807, 2.05) is 11.8 Å². The molecule has 116 valence electrons. The van der Waals surface area contributed by atoms with Gasteiger partial charge in [0.2, 0.25) is 0 Å². The maximum atomic E-state index is 6.52. The Bertz CT molecular complexity index is 470. The zero-order chi connectivity index (χ0) is 14.7. The first-order valence-corrected chi connectivity index (χ1v) is 9.25. The third-order valence-corrected chi connectivity index (χ3v) is 6.50. The Labute approximate surface area is 132 Å². The second-order valence-electron chi connectivity index (χ2n) is 6.73. The van der Waals surface area contributed by atoms with Crippen molar-refractivity contribution in [3.8, 4) is 0 Å². The molecule has 21 heavy (non-hydrogen) atoms. The predicted molar refractivity (Wildman–Crippen MR) is 89.8 cm³/mol. The number of ether oxygens (including phenoxy) is 1. The number of aryl methyl sites for hydroxylation is 1. The second-order valence-corrected chi connectivity index (χ2v) is 7.79. The monoisotopic (exact) mass is 305 g/mol. The van der Waals surface area contributed by atoms with Crippen LogP contribution in [0.2, 0.25) is 0 Å². The van der Waals surface area contributed by atoms with Gasteiger partial charge in [0.05, 0.1) is 5.60 Å². The Morgan fingerprint density at radius 2 is 2.10 bits per heavy atom. The van der Waals surface area contributed by atoms with Gasteiger partial charge in [0, 0.05) is 23.3 Å². The lowest BCUT2D eigenvalue weighted by atomic mass is 9.81. The lowest BCUT2D eigenvalue weighted by Crippen LogP contribution is -2.44. The summed E-state index contributed by atoms with van der Waals surface area (Å²) >= 11 is 1.91. The van der Waals surface area contributed by atoms with Crippen molar-refractivity contribution in [2.45, 2.75) is 62.0 Å². The Balaban J connectivity index is 1.55. The molecule has 2 nitrogen and oxygen atoms in total. The highest BCUT2D eigenvalue weighted by molar-refractivity contribution is 7.99. The fourth-order valence-electron chi connectivity index (χ4n) is 3.84. The van der Waals surface area contributed by atoms with Gasteiger partial charge in [-0.25, -0.2) is 0 Å². The van der Waals surface area contributed by atoms with Crippen molar-refractivity contribution in [2.24, 2.45) is 11.7 Å². The van der Waals surface area contributed by atoms with Gasteiger partial charge in [-0.05, 0) is 50.2 Å². The second kappa shape index (κ2) is 6.72. The maximum absolute atomic E-state index is 6.52. The molecular weight excluding hydrogens is 278 g/mol. The molecule has 2 aliphatic rings. The van der Waals surface area contributed by atoms with Crippen molar-refractivity contribution in [3.05, 3.63) is 29.8 Å². The largest absolute Gasteiger partial charge is 0.375 e. The smallest absolute Gasteiger partial charge is 0.0685 e. The lowest BCUT2D eigenvalue weighted by molar-refractivity contribution is -0.0951. The van der Waals surface area contributed by atoms with Gasteiger partial charge in [-0.2, -0.15) is 0 Å². The van der Waals surface area contributed by atoms with Gasteiger partial charge >= 0.3 is 0 Å². The first kappa shape index (κ1) is 15.4. The zero-order valence-electron chi connectivity index (χ0n) is 13.0. The number of thioether (sulfide) groups is 1. The minimum Gasteiger partial charge on any atom is -0.375 e. The predicted octanol–water partition coefficient (Wildman–Crippen LogP) is 4.15. The van der Waals surface area contributed by atoms with E-state index in [0.29, 0.717) is 5.92 Å². The fourth-order valence-corrected chi connectivity index (χ4v) is 4.95. The normalized spacial score (nSPS) is 26.1. The van der Waals surface area contributed by atoms with Gasteiger partial charge in [0.25, 0.3) is 0 Å². The third kappa shape index (κ3) is 3.64. The fraction of sp³-hybridized carbons (Fsp3) is 0.667. The summed E-state index contributed by atoms with van der Waals surface area (Å²) in [4.78, 5) is 1.37. The van der Waals surface area contributed by atoms with Crippen LogP contribution in [0.15, 0.2) is 29.2 Å². The van der Waals surface area contributed by atoms with Crippen LogP contribution in [0.25, 0.3) is 0 Å². The van der Waals surface area contributed by atoms with Gasteiger partial charge < -0.3 is 10.5 Å². The summed E-state index contributed by atoms with van der Waals surface area (Å²) in [6.45, 7) is 3.09. The van der Waals surface area contributed by atoms with Crippen LogP contribution in [0, 0.1) is 12.8 Å². The number of hydrogen-bond acceptors (Lipinski definition) is 3. The van der Waals surface area contributed by atoms with Crippen LogP contribution >= 0.6 is 11.8 Å². The Hall–Kier alpha value is -0.510. The topological polar surface area (TPSA) is 35.2 Å². The quantitative estimate of drug-likeness (QED) is 0.849. The number of nitrogens with two attached hydrogens (primary N) is 1. The van der Waals surface area contributed by atoms with Crippen molar-refractivity contribution in [1.29, 1.82) is 0 Å². The summed E-state index contributed by atoms with van der Waals surface area (Å²) in [7, 11) is 0. The number of hydrogen-bond donors (Lipinski definition) is 1. The first-order valence-electron chi connectivity index (χ1n) is 8.27. The molecule has 1 aliphatic heterocycles. The standard InChI is InChI=1S/C18H27NOS/c1-14-6-2-3-7-17(14)21-13-16(19)15-8-11-20-18(12-15)9-4-5-10-18/h2-3,6-7,15-16H,4-5,8-13,19H2,1H3. The molecule has 1 heterocycles. The SMILES string of the molecule is Cc1ccccc1SCC(N)C1CCOC2(CCCC2)C1. The van der Waals surface area contributed by atoms with E-state index in [1.165, 1.54) is 42.6 Å². The molecule has 1 spiro atoms. The van der Waals surface area contributed by atoms with E-state index in [-0.39, 0.29) is 11.6 Å². The van der Waals surface area contributed by atoms with E-state index in [0.717, 1.165) is 18.8 Å². The van der Waals surface area contributed by atoms with Gasteiger partial charge in [-0.15, -0.1) is 11.8 Å². The molecule has 2 N–H and O–H groups in total. The van der Waals surface area contributed by atoms with Gasteiger partial charge in [-0.3, -0.25) is 0 Å². The molecule has 2 fully saturated rings. The molecule has 1 aliphatic carbocycles. The highest BCUT2D eigenvalue weighted by Crippen LogP contribution is 2.43. The molecule has 1 saturated carbocycles. The molecule has 0 amide bonds. The molecule has 3 rings (SSSR count). The van der Waals surface area contributed by atoms with Gasteiger partial charge in [-0.1, -0.05) is 31.0 Å². The van der Waals surface area contributed by atoms with E-state index in [2.05, 4.69) is 31.2 Å². The molecule has 1 aromatic carbocycles. The highest BCUT2D eigenvalue weighted by atomic mass is 32.2. The minimum absolute atomic E-state index is 0.188. The van der Waals surface area contributed by atoms with E-state index < -0.39 is 0 Å². The van der Waals surface area contributed by atoms with Crippen LogP contribution in [-0.2, 0) is 4.74 Å². The van der Waals surface area contributed by atoms with Crippen molar-refractivity contribution < 1.29 is 4.74 Å².